The first-order valence-electron chi connectivity index (χ1n) is 10.6. The van der Waals surface area contributed by atoms with Crippen LogP contribution in [0.2, 0.25) is 0 Å². The van der Waals surface area contributed by atoms with Gasteiger partial charge in [-0.15, -0.1) is 0 Å². The summed E-state index contributed by atoms with van der Waals surface area (Å²) < 4.78 is 1.91. The van der Waals surface area contributed by atoms with Crippen LogP contribution < -0.4 is 0 Å². The van der Waals surface area contributed by atoms with E-state index in [0.717, 1.165) is 30.9 Å². The molecule has 1 atom stereocenters. The van der Waals surface area contributed by atoms with Crippen molar-refractivity contribution >= 4 is 5.78 Å². The average molecular weight is 399 g/mol. The Balaban J connectivity index is 1.35. The molecule has 1 saturated heterocycles. The molecule has 0 saturated carbocycles. The van der Waals surface area contributed by atoms with Gasteiger partial charge in [-0.1, -0.05) is 24.3 Å². The van der Waals surface area contributed by atoms with Crippen LogP contribution in [0.25, 0.3) is 16.9 Å². The molecule has 0 bridgehead atoms. The molecule has 30 heavy (non-hydrogen) atoms. The van der Waals surface area contributed by atoms with Gasteiger partial charge >= 0.3 is 0 Å². The van der Waals surface area contributed by atoms with E-state index in [1.165, 1.54) is 35.2 Å². The Labute approximate surface area is 176 Å². The van der Waals surface area contributed by atoms with Crippen molar-refractivity contribution in [1.29, 1.82) is 0 Å². The SMILES string of the molecule is Cc1cc(C2CCCN(Cc3ccc(-c4cccnc4)cc3C)C2)n2ncnc2n1. The van der Waals surface area contributed by atoms with Gasteiger partial charge in [0, 0.05) is 37.1 Å². The molecule has 152 valence electrons. The Morgan fingerprint density at radius 2 is 2.03 bits per heavy atom. The maximum absolute atomic E-state index is 4.49. The third-order valence-electron chi connectivity index (χ3n) is 6.06. The van der Waals surface area contributed by atoms with Gasteiger partial charge in [0.2, 0.25) is 0 Å². The Morgan fingerprint density at radius 3 is 2.87 bits per heavy atom. The van der Waals surface area contributed by atoms with E-state index >= 15 is 0 Å². The molecular weight excluding hydrogens is 372 g/mol. The largest absolute Gasteiger partial charge is 0.298 e. The first-order valence-corrected chi connectivity index (χ1v) is 10.6. The minimum atomic E-state index is 0.444. The molecule has 4 aromatic rings. The van der Waals surface area contributed by atoms with Crippen molar-refractivity contribution in [2.75, 3.05) is 13.1 Å². The predicted molar refractivity (Wildman–Crippen MR) is 117 cm³/mol. The lowest BCUT2D eigenvalue weighted by molar-refractivity contribution is 0.197. The van der Waals surface area contributed by atoms with Crippen LogP contribution in [0.1, 0.15) is 41.3 Å². The molecule has 0 spiro atoms. The number of hydrogen-bond acceptors (Lipinski definition) is 5. The van der Waals surface area contributed by atoms with E-state index in [1.54, 1.807) is 6.33 Å². The number of rotatable bonds is 4. The minimum Gasteiger partial charge on any atom is -0.298 e. The fourth-order valence-electron chi connectivity index (χ4n) is 4.52. The molecule has 0 amide bonds. The molecule has 1 aliphatic heterocycles. The fourth-order valence-corrected chi connectivity index (χ4v) is 4.52. The van der Waals surface area contributed by atoms with E-state index in [9.17, 15) is 0 Å². The molecule has 1 unspecified atom stereocenters. The number of fused-ring (bicyclic) bond motifs is 1. The second kappa shape index (κ2) is 7.95. The van der Waals surface area contributed by atoms with Crippen molar-refractivity contribution in [2.45, 2.75) is 39.2 Å². The van der Waals surface area contributed by atoms with Crippen molar-refractivity contribution in [3.8, 4) is 11.1 Å². The summed E-state index contributed by atoms with van der Waals surface area (Å²) in [5.74, 6) is 1.14. The second-order valence-corrected chi connectivity index (χ2v) is 8.25. The third kappa shape index (κ3) is 3.71. The lowest BCUT2D eigenvalue weighted by Crippen LogP contribution is -2.34. The summed E-state index contributed by atoms with van der Waals surface area (Å²) in [5, 5.41) is 4.42. The highest BCUT2D eigenvalue weighted by Crippen LogP contribution is 2.29. The summed E-state index contributed by atoms with van der Waals surface area (Å²) >= 11 is 0. The van der Waals surface area contributed by atoms with Crippen LogP contribution in [-0.2, 0) is 6.54 Å². The lowest BCUT2D eigenvalue weighted by Gasteiger charge is -2.33. The Bertz CT molecular complexity index is 1170. The van der Waals surface area contributed by atoms with Gasteiger partial charge < -0.3 is 0 Å². The normalized spacial score (nSPS) is 17.5. The molecule has 6 nitrogen and oxygen atoms in total. The molecule has 1 aromatic carbocycles. The Hall–Kier alpha value is -3.12. The van der Waals surface area contributed by atoms with Gasteiger partial charge in [-0.2, -0.15) is 10.1 Å². The van der Waals surface area contributed by atoms with Gasteiger partial charge in [-0.25, -0.2) is 9.50 Å². The number of pyridine rings is 1. The highest BCUT2D eigenvalue weighted by molar-refractivity contribution is 5.63. The van der Waals surface area contributed by atoms with E-state index in [2.05, 4.69) is 62.2 Å². The quantitative estimate of drug-likeness (QED) is 0.516. The minimum absolute atomic E-state index is 0.444. The second-order valence-electron chi connectivity index (χ2n) is 8.25. The van der Waals surface area contributed by atoms with E-state index in [4.69, 9.17) is 0 Å². The number of piperidine rings is 1. The van der Waals surface area contributed by atoms with Gasteiger partial charge in [-0.3, -0.25) is 9.88 Å². The average Bonchev–Trinajstić information content (AvgIpc) is 3.24. The van der Waals surface area contributed by atoms with Crippen LogP contribution in [0, 0.1) is 13.8 Å². The molecular formula is C24H26N6. The van der Waals surface area contributed by atoms with Crippen molar-refractivity contribution in [3.05, 3.63) is 77.6 Å². The summed E-state index contributed by atoms with van der Waals surface area (Å²) in [5.41, 5.74) is 7.33. The highest BCUT2D eigenvalue weighted by Gasteiger charge is 2.24. The summed E-state index contributed by atoms with van der Waals surface area (Å²) in [6, 6.07) is 13.0. The van der Waals surface area contributed by atoms with Gasteiger partial charge in [0.05, 0.1) is 5.69 Å². The zero-order chi connectivity index (χ0) is 20.5. The third-order valence-corrected chi connectivity index (χ3v) is 6.06. The van der Waals surface area contributed by atoms with Gasteiger partial charge in [0.25, 0.3) is 5.78 Å². The lowest BCUT2D eigenvalue weighted by atomic mass is 9.93. The van der Waals surface area contributed by atoms with Crippen LogP contribution in [0.5, 0.6) is 0 Å². The number of benzene rings is 1. The summed E-state index contributed by atoms with van der Waals surface area (Å²) in [7, 11) is 0. The van der Waals surface area contributed by atoms with Crippen LogP contribution in [0.15, 0.2) is 55.1 Å². The molecule has 1 fully saturated rings. The van der Waals surface area contributed by atoms with Gasteiger partial charge in [-0.05, 0) is 67.6 Å². The topological polar surface area (TPSA) is 59.2 Å². The zero-order valence-corrected chi connectivity index (χ0v) is 17.5. The Morgan fingerprint density at radius 1 is 1.10 bits per heavy atom. The predicted octanol–water partition coefficient (Wildman–Crippen LogP) is 4.18. The molecule has 3 aromatic heterocycles. The van der Waals surface area contributed by atoms with Crippen molar-refractivity contribution in [2.24, 2.45) is 0 Å². The number of aryl methyl sites for hydroxylation is 2. The first kappa shape index (κ1) is 18.9. The van der Waals surface area contributed by atoms with Crippen LogP contribution >= 0.6 is 0 Å². The smallest absolute Gasteiger partial charge is 0.252 e. The number of likely N-dealkylation sites (tertiary alicyclic amines) is 1. The molecule has 6 heteroatoms. The number of aromatic nitrogens is 5. The zero-order valence-electron chi connectivity index (χ0n) is 17.5. The van der Waals surface area contributed by atoms with Crippen LogP contribution in [-0.4, -0.2) is 42.6 Å². The molecule has 1 aliphatic rings. The molecule has 4 heterocycles. The maximum Gasteiger partial charge on any atom is 0.252 e. The number of hydrogen-bond donors (Lipinski definition) is 0. The summed E-state index contributed by atoms with van der Waals surface area (Å²) in [4.78, 5) is 15.6. The van der Waals surface area contributed by atoms with Crippen LogP contribution in [0.3, 0.4) is 0 Å². The van der Waals surface area contributed by atoms with Gasteiger partial charge in [0.15, 0.2) is 0 Å². The summed E-state index contributed by atoms with van der Waals surface area (Å²) in [6.07, 6.45) is 7.70. The standard InChI is InChI=1S/C24H26N6/c1-17-11-19(20-5-3-9-25-13-20)7-8-21(17)14-29-10-4-6-22(15-29)23-12-18(2)28-24-26-16-27-30(23)24/h3,5,7-9,11-13,16,22H,4,6,10,14-15H2,1-2H3. The first-order chi connectivity index (χ1) is 14.7. The van der Waals surface area contributed by atoms with E-state index in [-0.39, 0.29) is 0 Å². The van der Waals surface area contributed by atoms with E-state index < -0.39 is 0 Å². The van der Waals surface area contributed by atoms with E-state index in [0.29, 0.717) is 11.7 Å². The number of nitrogens with zero attached hydrogens (tertiary/aromatic N) is 6. The molecule has 0 radical (unpaired) electrons. The Kier molecular flexibility index (Phi) is 5.01. The monoisotopic (exact) mass is 398 g/mol. The molecule has 0 aliphatic carbocycles. The van der Waals surface area contributed by atoms with Crippen molar-refractivity contribution in [3.63, 3.8) is 0 Å². The van der Waals surface area contributed by atoms with Gasteiger partial charge in [0.1, 0.15) is 6.33 Å². The summed E-state index contributed by atoms with van der Waals surface area (Å²) in [6.45, 7) is 7.38. The van der Waals surface area contributed by atoms with Crippen molar-refractivity contribution in [1.82, 2.24) is 29.5 Å². The molecule has 0 N–H and O–H groups in total. The maximum atomic E-state index is 4.49. The fraction of sp³-hybridized carbons (Fsp3) is 0.333. The highest BCUT2D eigenvalue weighted by atomic mass is 15.3. The molecule has 5 rings (SSSR count). The van der Waals surface area contributed by atoms with Crippen LogP contribution in [0.4, 0.5) is 0 Å². The van der Waals surface area contributed by atoms with E-state index in [1.807, 2.05) is 29.9 Å². The van der Waals surface area contributed by atoms with Crippen molar-refractivity contribution < 1.29 is 0 Å².